The number of carbonyl (C=O) groups excluding carboxylic acids is 1. The van der Waals surface area contributed by atoms with Crippen LogP contribution in [0.1, 0.15) is 29.9 Å². The molecule has 0 unspecified atom stereocenters. The van der Waals surface area contributed by atoms with E-state index in [1.165, 1.54) is 4.68 Å². The summed E-state index contributed by atoms with van der Waals surface area (Å²) < 4.78 is 6.36. The quantitative estimate of drug-likeness (QED) is 0.725. The second-order valence-corrected chi connectivity index (χ2v) is 2.91. The van der Waals surface area contributed by atoms with Crippen molar-refractivity contribution in [3.63, 3.8) is 0 Å². The van der Waals surface area contributed by atoms with Gasteiger partial charge in [-0.15, -0.1) is 0 Å². The minimum Gasteiger partial charge on any atom is -0.461 e. The van der Waals surface area contributed by atoms with Gasteiger partial charge < -0.3 is 10.5 Å². The summed E-state index contributed by atoms with van der Waals surface area (Å²) in [5.74, 6) is 0.118. The van der Waals surface area contributed by atoms with Gasteiger partial charge in [0.1, 0.15) is 5.82 Å². The second-order valence-electron chi connectivity index (χ2n) is 2.91. The van der Waals surface area contributed by atoms with Gasteiger partial charge in [-0.3, -0.25) is 4.68 Å². The molecule has 78 valence electrons. The molecule has 0 radical (unpaired) electrons. The highest BCUT2D eigenvalue weighted by Crippen LogP contribution is 2.17. The van der Waals surface area contributed by atoms with Gasteiger partial charge in [-0.05, 0) is 13.3 Å². The third-order valence-electron chi connectivity index (χ3n) is 2.02. The van der Waals surface area contributed by atoms with Crippen LogP contribution >= 0.6 is 0 Å². The third-order valence-corrected chi connectivity index (χ3v) is 2.02. The molecule has 0 aromatic carbocycles. The summed E-state index contributed by atoms with van der Waals surface area (Å²) in [7, 11) is 1.71. The first-order valence-electron chi connectivity index (χ1n) is 4.60. The first kappa shape index (κ1) is 10.6. The van der Waals surface area contributed by atoms with Gasteiger partial charge in [0, 0.05) is 12.6 Å². The van der Waals surface area contributed by atoms with Crippen LogP contribution < -0.4 is 5.73 Å². The molecule has 0 spiro atoms. The molecule has 0 aliphatic carbocycles. The van der Waals surface area contributed by atoms with E-state index in [-0.39, 0.29) is 0 Å². The number of nitrogen functional groups attached to an aromatic ring is 1. The Morgan fingerprint density at radius 3 is 2.71 bits per heavy atom. The van der Waals surface area contributed by atoms with Crippen molar-refractivity contribution in [2.75, 3.05) is 12.3 Å². The number of rotatable bonds is 3. The van der Waals surface area contributed by atoms with Gasteiger partial charge in [0.15, 0.2) is 5.69 Å². The Balaban J connectivity index is 3.08. The molecule has 0 aliphatic rings. The Morgan fingerprint density at radius 1 is 1.57 bits per heavy atom. The van der Waals surface area contributed by atoms with Crippen LogP contribution in [-0.2, 0) is 18.2 Å². The van der Waals surface area contributed by atoms with Gasteiger partial charge in [-0.1, -0.05) is 6.92 Å². The van der Waals surface area contributed by atoms with Crippen LogP contribution in [-0.4, -0.2) is 22.4 Å². The second kappa shape index (κ2) is 4.13. The van der Waals surface area contributed by atoms with E-state index >= 15 is 0 Å². The van der Waals surface area contributed by atoms with Gasteiger partial charge in [-0.25, -0.2) is 4.79 Å². The first-order chi connectivity index (χ1) is 6.61. The highest BCUT2D eigenvalue weighted by Gasteiger charge is 2.19. The van der Waals surface area contributed by atoms with Crippen LogP contribution in [0.5, 0.6) is 0 Å². The molecular weight excluding hydrogens is 182 g/mol. The molecule has 0 fully saturated rings. The molecule has 5 heteroatoms. The largest absolute Gasteiger partial charge is 0.461 e. The van der Waals surface area contributed by atoms with Gasteiger partial charge in [0.2, 0.25) is 0 Å². The summed E-state index contributed by atoms with van der Waals surface area (Å²) in [6.07, 6.45) is 0.674. The number of nitrogens with zero attached hydrogens (tertiary/aromatic N) is 2. The number of aryl methyl sites for hydroxylation is 1. The highest BCUT2D eigenvalue weighted by molar-refractivity contribution is 5.90. The fourth-order valence-corrected chi connectivity index (χ4v) is 1.29. The Hall–Kier alpha value is -1.52. The lowest BCUT2D eigenvalue weighted by atomic mass is 10.2. The summed E-state index contributed by atoms with van der Waals surface area (Å²) >= 11 is 0. The molecule has 14 heavy (non-hydrogen) atoms. The van der Waals surface area contributed by atoms with Crippen LogP contribution in [0, 0.1) is 0 Å². The van der Waals surface area contributed by atoms with Crippen molar-refractivity contribution in [3.05, 3.63) is 11.3 Å². The Bertz CT molecular complexity index is 344. The van der Waals surface area contributed by atoms with E-state index in [1.807, 2.05) is 6.92 Å². The molecule has 0 amide bonds. The minimum atomic E-state index is -0.406. The summed E-state index contributed by atoms with van der Waals surface area (Å²) in [6.45, 7) is 4.03. The third kappa shape index (κ3) is 1.71. The van der Waals surface area contributed by atoms with E-state index in [2.05, 4.69) is 5.10 Å². The monoisotopic (exact) mass is 197 g/mol. The zero-order valence-corrected chi connectivity index (χ0v) is 8.70. The average molecular weight is 197 g/mol. The van der Waals surface area contributed by atoms with E-state index in [9.17, 15) is 4.79 Å². The van der Waals surface area contributed by atoms with E-state index in [0.717, 1.165) is 5.56 Å². The lowest BCUT2D eigenvalue weighted by Crippen LogP contribution is -2.08. The molecule has 0 saturated heterocycles. The average Bonchev–Trinajstić information content (AvgIpc) is 2.44. The van der Waals surface area contributed by atoms with E-state index < -0.39 is 5.97 Å². The normalized spacial score (nSPS) is 10.2. The molecule has 0 bridgehead atoms. The number of nitrogens with two attached hydrogens (primary N) is 1. The number of carbonyl (C=O) groups is 1. The maximum Gasteiger partial charge on any atom is 0.359 e. The van der Waals surface area contributed by atoms with Crippen LogP contribution in [0.3, 0.4) is 0 Å². The van der Waals surface area contributed by atoms with Crippen molar-refractivity contribution in [2.45, 2.75) is 20.3 Å². The van der Waals surface area contributed by atoms with E-state index in [4.69, 9.17) is 10.5 Å². The smallest absolute Gasteiger partial charge is 0.359 e. The number of aromatic nitrogens is 2. The zero-order valence-electron chi connectivity index (χ0n) is 8.70. The highest BCUT2D eigenvalue weighted by atomic mass is 16.5. The molecule has 0 aliphatic heterocycles. The van der Waals surface area contributed by atoms with Gasteiger partial charge in [-0.2, -0.15) is 5.10 Å². The lowest BCUT2D eigenvalue weighted by Gasteiger charge is -1.99. The van der Waals surface area contributed by atoms with Crippen molar-refractivity contribution < 1.29 is 9.53 Å². The molecule has 1 aromatic heterocycles. The summed E-state index contributed by atoms with van der Waals surface area (Å²) in [5.41, 5.74) is 6.82. The minimum absolute atomic E-state index is 0.328. The van der Waals surface area contributed by atoms with Crippen molar-refractivity contribution in [3.8, 4) is 0 Å². The molecule has 1 heterocycles. The molecule has 1 aromatic rings. The number of ether oxygens (including phenoxy) is 1. The fourth-order valence-electron chi connectivity index (χ4n) is 1.29. The van der Waals surface area contributed by atoms with Gasteiger partial charge in [0.25, 0.3) is 0 Å². The van der Waals surface area contributed by atoms with Crippen LogP contribution in [0.4, 0.5) is 5.82 Å². The van der Waals surface area contributed by atoms with Crippen molar-refractivity contribution in [1.29, 1.82) is 0 Å². The van der Waals surface area contributed by atoms with Crippen molar-refractivity contribution in [2.24, 2.45) is 7.05 Å². The predicted octanol–water partition coefficient (Wildman–Crippen LogP) is 0.741. The lowest BCUT2D eigenvalue weighted by molar-refractivity contribution is 0.0517. The summed E-state index contributed by atoms with van der Waals surface area (Å²) in [6, 6.07) is 0. The molecule has 0 saturated carbocycles. The predicted molar refractivity (Wildman–Crippen MR) is 53.0 cm³/mol. The fraction of sp³-hybridized carbons (Fsp3) is 0.556. The molecular formula is C9H15N3O2. The van der Waals surface area contributed by atoms with Crippen molar-refractivity contribution >= 4 is 11.8 Å². The zero-order chi connectivity index (χ0) is 10.7. The maximum atomic E-state index is 11.4. The van der Waals surface area contributed by atoms with E-state index in [0.29, 0.717) is 24.5 Å². The van der Waals surface area contributed by atoms with Crippen molar-refractivity contribution in [1.82, 2.24) is 9.78 Å². The maximum absolute atomic E-state index is 11.4. The number of anilines is 1. The van der Waals surface area contributed by atoms with Gasteiger partial charge in [0.05, 0.1) is 6.61 Å². The first-order valence-corrected chi connectivity index (χ1v) is 4.60. The standard InChI is InChI=1S/C9H15N3O2/c1-4-6-7(9(13)14-5-2)11-12(3)8(6)10/h4-5,10H2,1-3H3. The Morgan fingerprint density at radius 2 is 2.21 bits per heavy atom. The van der Waals surface area contributed by atoms with Crippen LogP contribution in [0.25, 0.3) is 0 Å². The SMILES string of the molecule is CCOC(=O)c1nn(C)c(N)c1CC. The van der Waals surface area contributed by atoms with Crippen LogP contribution in [0.15, 0.2) is 0 Å². The molecule has 0 atom stereocenters. The summed E-state index contributed by atoms with van der Waals surface area (Å²) in [5, 5.41) is 4.02. The number of esters is 1. The number of hydrogen-bond acceptors (Lipinski definition) is 4. The number of hydrogen-bond donors (Lipinski definition) is 1. The molecule has 1 rings (SSSR count). The Kier molecular flexibility index (Phi) is 3.11. The molecule has 2 N–H and O–H groups in total. The van der Waals surface area contributed by atoms with E-state index in [1.54, 1.807) is 14.0 Å². The topological polar surface area (TPSA) is 70.1 Å². The molecule has 5 nitrogen and oxygen atoms in total. The summed E-state index contributed by atoms with van der Waals surface area (Å²) in [4.78, 5) is 11.4. The van der Waals surface area contributed by atoms with Gasteiger partial charge >= 0.3 is 5.97 Å². The van der Waals surface area contributed by atoms with Crippen LogP contribution in [0.2, 0.25) is 0 Å². The Labute approximate surface area is 82.8 Å².